The van der Waals surface area contributed by atoms with Crippen LogP contribution in [0.2, 0.25) is 0 Å². The van der Waals surface area contributed by atoms with Crippen molar-refractivity contribution in [3.05, 3.63) is 119 Å². The Morgan fingerprint density at radius 3 is 1.94 bits per heavy atom. The number of benzene rings is 3. The van der Waals surface area contributed by atoms with Crippen molar-refractivity contribution in [2.45, 2.75) is 110 Å². The van der Waals surface area contributed by atoms with Crippen LogP contribution in [0.5, 0.6) is 0 Å². The van der Waals surface area contributed by atoms with Crippen molar-refractivity contribution in [1.82, 2.24) is 5.32 Å². The molecule has 1 heterocycles. The van der Waals surface area contributed by atoms with E-state index >= 15 is 4.79 Å². The van der Waals surface area contributed by atoms with Crippen molar-refractivity contribution >= 4 is 35.6 Å². The van der Waals surface area contributed by atoms with E-state index in [1.165, 1.54) is 13.8 Å². The Labute approximate surface area is 359 Å². The highest BCUT2D eigenvalue weighted by Gasteiger charge is 2.77. The molecule has 11 atom stereocenters. The van der Waals surface area contributed by atoms with Crippen LogP contribution in [0.4, 0.5) is 0 Å². The Morgan fingerprint density at radius 1 is 0.806 bits per heavy atom. The molecule has 62 heavy (non-hydrogen) atoms. The lowest BCUT2D eigenvalue weighted by atomic mass is 9.42. The van der Waals surface area contributed by atoms with Crippen LogP contribution < -0.4 is 5.32 Å². The fraction of sp³-hybridized carbons (Fsp3) is 0.458. The lowest BCUT2D eigenvalue weighted by molar-refractivity contribution is -0.340. The van der Waals surface area contributed by atoms with Gasteiger partial charge in [-0.25, -0.2) is 9.59 Å². The normalized spacial score (nSPS) is 31.9. The topological polar surface area (TPSA) is 201 Å². The van der Waals surface area contributed by atoms with Gasteiger partial charge in [0, 0.05) is 31.2 Å². The number of carbonyl (C=O) groups excluding carboxylic acids is 6. The molecule has 3 aromatic rings. The maximum atomic E-state index is 15.6. The predicted octanol–water partition coefficient (Wildman–Crippen LogP) is 5.01. The molecular formula is C48H53NO13. The number of ether oxygens (including phenoxy) is 5. The zero-order valence-electron chi connectivity index (χ0n) is 35.8. The highest BCUT2D eigenvalue weighted by Crippen LogP contribution is 2.67. The summed E-state index contributed by atoms with van der Waals surface area (Å²) in [5, 5.41) is 26.7. The summed E-state index contributed by atoms with van der Waals surface area (Å²) < 4.78 is 31.0. The molecule has 1 saturated heterocycles. The van der Waals surface area contributed by atoms with E-state index in [0.29, 0.717) is 16.7 Å². The summed E-state index contributed by atoms with van der Waals surface area (Å²) in [6.07, 6.45) is -8.83. The van der Waals surface area contributed by atoms with Crippen LogP contribution in [-0.2, 0) is 42.9 Å². The zero-order chi connectivity index (χ0) is 44.9. The van der Waals surface area contributed by atoms with Crippen molar-refractivity contribution in [2.75, 3.05) is 6.61 Å². The number of hydrogen-bond acceptors (Lipinski definition) is 13. The van der Waals surface area contributed by atoms with Crippen LogP contribution in [0.1, 0.15) is 93.6 Å². The second-order valence-corrected chi connectivity index (χ2v) is 17.8. The van der Waals surface area contributed by atoms with E-state index in [2.05, 4.69) is 5.32 Å². The van der Waals surface area contributed by atoms with Gasteiger partial charge in [-0.05, 0) is 66.7 Å². The van der Waals surface area contributed by atoms with Gasteiger partial charge < -0.3 is 39.2 Å². The van der Waals surface area contributed by atoms with Crippen LogP contribution >= 0.6 is 0 Å². The first-order valence-electron chi connectivity index (χ1n) is 20.7. The van der Waals surface area contributed by atoms with Gasteiger partial charge in [-0.15, -0.1) is 0 Å². The van der Waals surface area contributed by atoms with Gasteiger partial charge in [-0.2, -0.15) is 0 Å². The minimum absolute atomic E-state index is 0.0990. The molecule has 0 aromatic heterocycles. The first kappa shape index (κ1) is 44.4. The minimum atomic E-state index is -1.95. The molecule has 1 amide bonds. The maximum Gasteiger partial charge on any atom is 0.338 e. The van der Waals surface area contributed by atoms with Gasteiger partial charge in [0.05, 0.1) is 35.6 Å². The van der Waals surface area contributed by atoms with Crippen molar-refractivity contribution in [2.24, 2.45) is 22.2 Å². The van der Waals surface area contributed by atoms with E-state index in [-0.39, 0.29) is 30.6 Å². The summed E-state index contributed by atoms with van der Waals surface area (Å²) in [4.78, 5) is 83.9. The third-order valence-corrected chi connectivity index (χ3v) is 14.1. The molecule has 0 radical (unpaired) electrons. The summed E-state index contributed by atoms with van der Waals surface area (Å²) in [5.74, 6) is -6.01. The maximum absolute atomic E-state index is 15.6. The molecule has 3 unspecified atom stereocenters. The van der Waals surface area contributed by atoms with Crippen LogP contribution in [-0.4, -0.2) is 94.6 Å². The van der Waals surface area contributed by atoms with Gasteiger partial charge >= 0.3 is 23.9 Å². The average molecular weight is 852 g/mol. The van der Waals surface area contributed by atoms with Crippen molar-refractivity contribution < 1.29 is 62.7 Å². The fourth-order valence-corrected chi connectivity index (χ4v) is 10.5. The van der Waals surface area contributed by atoms with E-state index in [1.54, 1.807) is 105 Å². The van der Waals surface area contributed by atoms with Gasteiger partial charge in [-0.3, -0.25) is 19.2 Å². The standard InChI is InChI=1S/C48H53NO13/c1-26-32(60-44(57)37(53)36(29-17-11-8-12-18-29)49-42(55)30-19-13-9-14-20-30)24-46(6)41(61-43(56)31-21-15-10-16-22-31)39-47(7,33(52)23-34-48(39,25-58-34)62-28(3)51)40(54)38(59-27(2)50)35(26)45(46,4)5/h8-22,32-34,36-39,41,52-53H,23-25H2,1-7H3,(H,49,55)/t32?,33-,34+,36-,37+,38+,39?,41?,46-,47+,48-/m0/s1. The molecule has 2 saturated carbocycles. The van der Waals surface area contributed by atoms with Crippen LogP contribution in [0.15, 0.2) is 102 Å². The van der Waals surface area contributed by atoms with E-state index in [4.69, 9.17) is 23.7 Å². The monoisotopic (exact) mass is 851 g/mol. The Balaban J connectivity index is 1.39. The summed E-state index contributed by atoms with van der Waals surface area (Å²) in [6.45, 7) is 10.7. The molecule has 3 fully saturated rings. The van der Waals surface area contributed by atoms with E-state index in [0.717, 1.165) is 6.92 Å². The predicted molar refractivity (Wildman–Crippen MR) is 221 cm³/mol. The smallest absolute Gasteiger partial charge is 0.338 e. The van der Waals surface area contributed by atoms with E-state index in [1.807, 2.05) is 13.8 Å². The van der Waals surface area contributed by atoms with Gasteiger partial charge in [0.25, 0.3) is 5.91 Å². The van der Waals surface area contributed by atoms with Gasteiger partial charge in [0.2, 0.25) is 0 Å². The van der Waals surface area contributed by atoms with Crippen molar-refractivity contribution in [3.8, 4) is 0 Å². The molecular weight excluding hydrogens is 799 g/mol. The number of esters is 4. The SMILES string of the molecule is CC(=O)O[C@H]1C(=O)[C@@]2(C)C(C(OC(=O)c3ccccc3)[C@]3(C)CC(OC(=O)[C@H](O)[C@@H](NC(=O)c4ccccc4)c4ccccc4)C(C)=C1C3(C)C)[C@]1(OC(C)=O)CO[C@@H]1C[C@@H]2O. The summed E-state index contributed by atoms with van der Waals surface area (Å²) >= 11 is 0. The first-order chi connectivity index (χ1) is 29.3. The number of hydrogen-bond donors (Lipinski definition) is 3. The van der Waals surface area contributed by atoms with Crippen LogP contribution in [0.3, 0.4) is 0 Å². The Bertz CT molecular complexity index is 2280. The number of aliphatic hydroxyl groups is 2. The molecule has 3 N–H and O–H groups in total. The van der Waals surface area contributed by atoms with Crippen LogP contribution in [0.25, 0.3) is 0 Å². The first-order valence-corrected chi connectivity index (χ1v) is 20.7. The number of Topliss-reactive ketones (excluding diaryl/α,β-unsaturated/α-hetero) is 1. The molecule has 3 aromatic carbocycles. The third kappa shape index (κ3) is 7.31. The van der Waals surface area contributed by atoms with Crippen molar-refractivity contribution in [3.63, 3.8) is 0 Å². The highest BCUT2D eigenvalue weighted by atomic mass is 16.6. The number of rotatable bonds is 10. The third-order valence-electron chi connectivity index (χ3n) is 14.1. The highest BCUT2D eigenvalue weighted by molar-refractivity contribution is 5.96. The Kier molecular flexibility index (Phi) is 11.8. The molecule has 0 spiro atoms. The fourth-order valence-electron chi connectivity index (χ4n) is 10.5. The molecule has 14 heteroatoms. The molecule has 328 valence electrons. The summed E-state index contributed by atoms with van der Waals surface area (Å²) in [5.41, 5.74) is -4.65. The number of nitrogens with one attached hydrogen (secondary N) is 1. The molecule has 14 nitrogen and oxygen atoms in total. The molecule has 7 rings (SSSR count). The lowest BCUT2D eigenvalue weighted by Crippen LogP contribution is -2.80. The number of aliphatic hydroxyl groups excluding tert-OH is 2. The van der Waals surface area contributed by atoms with Crippen LogP contribution in [0, 0.1) is 22.2 Å². The van der Waals surface area contributed by atoms with Crippen molar-refractivity contribution in [1.29, 1.82) is 0 Å². The Morgan fingerprint density at radius 2 is 1.39 bits per heavy atom. The molecule has 1 aliphatic heterocycles. The number of amides is 1. The van der Waals surface area contributed by atoms with Gasteiger partial charge in [0.1, 0.15) is 18.3 Å². The Hall–Kier alpha value is -5.70. The summed E-state index contributed by atoms with van der Waals surface area (Å²) in [7, 11) is 0. The molecule has 2 bridgehead atoms. The average Bonchev–Trinajstić information content (AvgIpc) is 3.24. The van der Waals surface area contributed by atoms with E-state index < -0.39 is 106 Å². The number of carbonyl (C=O) groups is 6. The lowest BCUT2D eigenvalue weighted by Gasteiger charge is -2.68. The zero-order valence-corrected chi connectivity index (χ0v) is 35.8. The molecule has 3 aliphatic carbocycles. The largest absolute Gasteiger partial charge is 0.458 e. The number of ketones is 1. The summed E-state index contributed by atoms with van der Waals surface area (Å²) in [6, 6.07) is 23.6. The quantitative estimate of drug-likeness (QED) is 0.140. The van der Waals surface area contributed by atoms with Gasteiger partial charge in [0.15, 0.2) is 23.6 Å². The van der Waals surface area contributed by atoms with Gasteiger partial charge in [-0.1, -0.05) is 87.5 Å². The minimum Gasteiger partial charge on any atom is -0.458 e. The van der Waals surface area contributed by atoms with E-state index in [9.17, 15) is 34.2 Å². The second-order valence-electron chi connectivity index (χ2n) is 17.8. The second kappa shape index (κ2) is 16.5. The number of fused-ring (bicyclic) bond motifs is 5. The molecule has 4 aliphatic rings.